The quantitative estimate of drug-likeness (QED) is 0.718. The second-order valence-electron chi connectivity index (χ2n) is 4.88. The van der Waals surface area contributed by atoms with Crippen LogP contribution in [0.5, 0.6) is 0 Å². The molecule has 0 saturated heterocycles. The Balaban J connectivity index is 1.64. The van der Waals surface area contributed by atoms with Crippen molar-refractivity contribution in [2.24, 2.45) is 0 Å². The predicted octanol–water partition coefficient (Wildman–Crippen LogP) is 3.76. The molecule has 0 aliphatic rings. The van der Waals surface area contributed by atoms with E-state index in [1.807, 2.05) is 37.3 Å². The Morgan fingerprint density at radius 3 is 2.70 bits per heavy atom. The van der Waals surface area contributed by atoms with Gasteiger partial charge < -0.3 is 14.2 Å². The van der Waals surface area contributed by atoms with E-state index in [0.717, 1.165) is 11.3 Å². The van der Waals surface area contributed by atoms with Gasteiger partial charge in [-0.25, -0.2) is 0 Å². The minimum absolute atomic E-state index is 0.125. The highest BCUT2D eigenvalue weighted by atomic mass is 32.2. The van der Waals surface area contributed by atoms with Crippen LogP contribution in [0.3, 0.4) is 0 Å². The number of rotatable bonds is 5. The maximum Gasteiger partial charge on any atom is 0.277 e. The molecule has 1 aromatic carbocycles. The number of hydrogen-bond donors (Lipinski definition) is 1. The molecule has 0 bridgehead atoms. The summed E-state index contributed by atoms with van der Waals surface area (Å²) in [5.74, 6) is 0.968. The average Bonchev–Trinajstić information content (AvgIpc) is 3.17. The lowest BCUT2D eigenvalue weighted by molar-refractivity contribution is -0.115. The summed E-state index contributed by atoms with van der Waals surface area (Å²) in [7, 11) is 0. The van der Waals surface area contributed by atoms with Gasteiger partial charge in [-0.15, -0.1) is 10.2 Å². The largest absolute Gasteiger partial charge is 0.469 e. The van der Waals surface area contributed by atoms with Gasteiger partial charge in [-0.1, -0.05) is 30.0 Å². The fraction of sp³-hybridized carbons (Fsp3) is 0.188. The molecule has 0 radical (unpaired) electrons. The van der Waals surface area contributed by atoms with Crippen LogP contribution in [0, 0.1) is 6.92 Å². The van der Waals surface area contributed by atoms with Crippen molar-refractivity contribution in [2.75, 3.05) is 5.32 Å². The van der Waals surface area contributed by atoms with Crippen LogP contribution < -0.4 is 5.32 Å². The van der Waals surface area contributed by atoms with Gasteiger partial charge in [0.25, 0.3) is 11.1 Å². The van der Waals surface area contributed by atoms with E-state index in [4.69, 9.17) is 8.83 Å². The Kier molecular flexibility index (Phi) is 4.47. The molecule has 1 atom stereocenters. The Hall–Kier alpha value is -2.54. The van der Waals surface area contributed by atoms with Gasteiger partial charge in [0.05, 0.1) is 17.1 Å². The molecule has 1 amide bonds. The maximum absolute atomic E-state index is 12.2. The Morgan fingerprint density at radius 1 is 1.22 bits per heavy atom. The lowest BCUT2D eigenvalue weighted by atomic mass is 10.3. The van der Waals surface area contributed by atoms with E-state index < -0.39 is 0 Å². The lowest BCUT2D eigenvalue weighted by Gasteiger charge is -2.09. The molecule has 7 heteroatoms. The zero-order chi connectivity index (χ0) is 16.2. The molecule has 1 N–H and O–H groups in total. The van der Waals surface area contributed by atoms with Crippen molar-refractivity contribution in [1.29, 1.82) is 0 Å². The van der Waals surface area contributed by atoms with Crippen LogP contribution >= 0.6 is 11.8 Å². The summed E-state index contributed by atoms with van der Waals surface area (Å²) in [6, 6.07) is 11.1. The fourth-order valence-electron chi connectivity index (χ4n) is 1.94. The molecule has 0 spiro atoms. The molecule has 23 heavy (non-hydrogen) atoms. The number of nitrogens with one attached hydrogen (secondary N) is 1. The first-order valence-electron chi connectivity index (χ1n) is 7.04. The van der Waals surface area contributed by atoms with E-state index in [0.29, 0.717) is 16.9 Å². The molecule has 0 unspecified atom stereocenters. The van der Waals surface area contributed by atoms with Crippen LogP contribution in [0.25, 0.3) is 11.5 Å². The van der Waals surface area contributed by atoms with Crippen LogP contribution in [-0.4, -0.2) is 21.4 Å². The van der Waals surface area contributed by atoms with Crippen molar-refractivity contribution in [3.63, 3.8) is 0 Å². The number of aromatic nitrogens is 2. The molecule has 6 nitrogen and oxygen atoms in total. The van der Waals surface area contributed by atoms with Gasteiger partial charge in [-0.3, -0.25) is 4.79 Å². The minimum Gasteiger partial charge on any atom is -0.469 e. The highest BCUT2D eigenvalue weighted by Crippen LogP contribution is 2.28. The number of thioether (sulfide) groups is 1. The van der Waals surface area contributed by atoms with E-state index in [1.54, 1.807) is 19.3 Å². The first-order chi connectivity index (χ1) is 11.1. The van der Waals surface area contributed by atoms with Crippen molar-refractivity contribution in [3.8, 4) is 11.5 Å². The molecule has 0 saturated carbocycles. The van der Waals surface area contributed by atoms with Gasteiger partial charge in [0, 0.05) is 5.69 Å². The van der Waals surface area contributed by atoms with Crippen LogP contribution in [0.1, 0.15) is 12.7 Å². The monoisotopic (exact) mass is 329 g/mol. The molecular weight excluding hydrogens is 314 g/mol. The van der Waals surface area contributed by atoms with Crippen molar-refractivity contribution in [1.82, 2.24) is 10.2 Å². The number of furan rings is 1. The maximum atomic E-state index is 12.2. The number of hydrogen-bond acceptors (Lipinski definition) is 6. The molecule has 2 aromatic heterocycles. The molecule has 3 aromatic rings. The third-order valence-electron chi connectivity index (χ3n) is 3.18. The van der Waals surface area contributed by atoms with Gasteiger partial charge in [0.2, 0.25) is 5.91 Å². The van der Waals surface area contributed by atoms with Gasteiger partial charge in [-0.2, -0.15) is 0 Å². The molecule has 0 aliphatic carbocycles. The third kappa shape index (κ3) is 3.62. The Labute approximate surface area is 137 Å². The predicted molar refractivity (Wildman–Crippen MR) is 87.1 cm³/mol. The van der Waals surface area contributed by atoms with Crippen molar-refractivity contribution in [3.05, 3.63) is 48.4 Å². The molecule has 118 valence electrons. The second-order valence-corrected chi connectivity index (χ2v) is 6.17. The fourth-order valence-corrected chi connectivity index (χ4v) is 2.63. The lowest BCUT2D eigenvalue weighted by Crippen LogP contribution is -2.22. The smallest absolute Gasteiger partial charge is 0.277 e. The summed E-state index contributed by atoms with van der Waals surface area (Å²) < 4.78 is 10.8. The Morgan fingerprint density at radius 2 is 2.00 bits per heavy atom. The van der Waals surface area contributed by atoms with Gasteiger partial charge in [-0.05, 0) is 32.0 Å². The number of benzene rings is 1. The van der Waals surface area contributed by atoms with Crippen LogP contribution in [0.4, 0.5) is 5.69 Å². The van der Waals surface area contributed by atoms with Gasteiger partial charge in [0.1, 0.15) is 5.76 Å². The number of carbonyl (C=O) groups is 1. The van der Waals surface area contributed by atoms with E-state index in [9.17, 15) is 4.79 Å². The van der Waals surface area contributed by atoms with E-state index in [2.05, 4.69) is 15.5 Å². The molecule has 0 fully saturated rings. The topological polar surface area (TPSA) is 81.2 Å². The summed E-state index contributed by atoms with van der Waals surface area (Å²) in [5.41, 5.74) is 1.51. The molecule has 2 heterocycles. The number of para-hydroxylation sites is 1. The first kappa shape index (κ1) is 15.4. The Bertz CT molecular complexity index is 798. The number of carbonyl (C=O) groups excluding carboxylic acids is 1. The number of aryl methyl sites for hydroxylation is 1. The standard InChI is InChI=1S/C16H15N3O3S/c1-10-13(8-9-21-10)15-18-19-16(22-15)23-11(2)14(20)17-12-6-4-3-5-7-12/h3-9,11H,1-2H3,(H,17,20)/t11-/m0/s1. The molecular formula is C16H15N3O3S. The van der Waals surface area contributed by atoms with Crippen LogP contribution in [0.15, 0.2) is 56.7 Å². The van der Waals surface area contributed by atoms with Crippen molar-refractivity contribution < 1.29 is 13.6 Å². The van der Waals surface area contributed by atoms with Gasteiger partial charge >= 0.3 is 0 Å². The van der Waals surface area contributed by atoms with E-state index in [-0.39, 0.29) is 11.2 Å². The minimum atomic E-state index is -0.367. The second kappa shape index (κ2) is 6.70. The number of nitrogens with zero attached hydrogens (tertiary/aromatic N) is 2. The van der Waals surface area contributed by atoms with Crippen molar-refractivity contribution >= 4 is 23.4 Å². The zero-order valence-corrected chi connectivity index (χ0v) is 13.5. The highest BCUT2D eigenvalue weighted by molar-refractivity contribution is 8.00. The van der Waals surface area contributed by atoms with Crippen LogP contribution in [0.2, 0.25) is 0 Å². The van der Waals surface area contributed by atoms with Crippen molar-refractivity contribution in [2.45, 2.75) is 24.3 Å². The number of amides is 1. The van der Waals surface area contributed by atoms with E-state index in [1.165, 1.54) is 11.8 Å². The molecule has 0 aliphatic heterocycles. The normalized spacial score (nSPS) is 12.1. The van der Waals surface area contributed by atoms with E-state index >= 15 is 0 Å². The summed E-state index contributed by atoms with van der Waals surface area (Å²) in [4.78, 5) is 12.2. The zero-order valence-electron chi connectivity index (χ0n) is 12.6. The van der Waals surface area contributed by atoms with Crippen LogP contribution in [-0.2, 0) is 4.79 Å². The summed E-state index contributed by atoms with van der Waals surface area (Å²) in [6.45, 7) is 3.61. The average molecular weight is 329 g/mol. The summed E-state index contributed by atoms with van der Waals surface area (Å²) in [6.07, 6.45) is 1.57. The first-order valence-corrected chi connectivity index (χ1v) is 7.92. The third-order valence-corrected chi connectivity index (χ3v) is 4.12. The highest BCUT2D eigenvalue weighted by Gasteiger charge is 2.19. The molecule has 3 rings (SSSR count). The number of anilines is 1. The SMILES string of the molecule is Cc1occc1-c1nnc(S[C@@H](C)C(=O)Nc2ccccc2)o1. The summed E-state index contributed by atoms with van der Waals surface area (Å²) >= 11 is 1.21. The van der Waals surface area contributed by atoms with Gasteiger partial charge in [0.15, 0.2) is 0 Å². The summed E-state index contributed by atoms with van der Waals surface area (Å²) in [5, 5.41) is 10.8.